The number of carbonyl (C=O) groups excluding carboxylic acids is 1. The molecule has 0 N–H and O–H groups in total. The zero-order valence-corrected chi connectivity index (χ0v) is 10.1. The van der Waals surface area contributed by atoms with Crippen molar-refractivity contribution in [3.05, 3.63) is 11.7 Å². The van der Waals surface area contributed by atoms with Gasteiger partial charge in [-0.3, -0.25) is 4.79 Å². The van der Waals surface area contributed by atoms with E-state index in [0.29, 0.717) is 23.2 Å². The van der Waals surface area contributed by atoms with Gasteiger partial charge in [-0.05, 0) is 12.8 Å². The van der Waals surface area contributed by atoms with Gasteiger partial charge in [-0.15, -0.1) is 11.8 Å². The summed E-state index contributed by atoms with van der Waals surface area (Å²) in [5, 5.41) is 3.78. The summed E-state index contributed by atoms with van der Waals surface area (Å²) in [6, 6.07) is 0. The molecule has 6 heteroatoms. The molecule has 0 aromatic carbocycles. The Morgan fingerprint density at radius 2 is 2.25 bits per heavy atom. The summed E-state index contributed by atoms with van der Waals surface area (Å²) in [6.07, 6.45) is 2.28. The van der Waals surface area contributed by atoms with Crippen molar-refractivity contribution in [2.24, 2.45) is 0 Å². The van der Waals surface area contributed by atoms with E-state index in [0.717, 1.165) is 25.9 Å². The lowest BCUT2D eigenvalue weighted by Gasteiger charge is -2.14. The summed E-state index contributed by atoms with van der Waals surface area (Å²) in [5.41, 5.74) is 0. The zero-order valence-electron chi connectivity index (χ0n) is 9.31. The van der Waals surface area contributed by atoms with Crippen LogP contribution in [0.15, 0.2) is 4.52 Å². The number of carbonyl (C=O) groups is 1. The number of hydrogen-bond acceptors (Lipinski definition) is 5. The maximum atomic E-state index is 11.7. The Morgan fingerprint density at radius 3 is 2.88 bits per heavy atom. The number of likely N-dealkylation sites (tertiary alicyclic amines) is 1. The standard InChI is InChI=1S/C10H15N3O2S/c1-8-11-9(12-15-8)6-16-7-10(14)13-4-2-3-5-13/h2-7H2,1H3. The summed E-state index contributed by atoms with van der Waals surface area (Å²) in [4.78, 5) is 17.7. The molecule has 1 aliphatic heterocycles. The Balaban J connectivity index is 1.69. The molecule has 0 aliphatic carbocycles. The highest BCUT2D eigenvalue weighted by atomic mass is 32.2. The molecule has 0 unspecified atom stereocenters. The highest BCUT2D eigenvalue weighted by molar-refractivity contribution is 7.99. The second-order valence-electron chi connectivity index (χ2n) is 3.81. The first-order valence-electron chi connectivity index (χ1n) is 5.40. The van der Waals surface area contributed by atoms with Gasteiger partial charge in [0.05, 0.1) is 11.5 Å². The maximum Gasteiger partial charge on any atom is 0.232 e. The summed E-state index contributed by atoms with van der Waals surface area (Å²) in [7, 11) is 0. The van der Waals surface area contributed by atoms with Crippen LogP contribution in [-0.4, -0.2) is 39.8 Å². The molecule has 88 valence electrons. The molecule has 0 saturated carbocycles. The lowest BCUT2D eigenvalue weighted by Crippen LogP contribution is -2.29. The zero-order chi connectivity index (χ0) is 11.4. The van der Waals surface area contributed by atoms with E-state index in [1.807, 2.05) is 4.90 Å². The van der Waals surface area contributed by atoms with E-state index in [1.165, 1.54) is 11.8 Å². The minimum absolute atomic E-state index is 0.225. The van der Waals surface area contributed by atoms with Gasteiger partial charge < -0.3 is 9.42 Å². The molecule has 1 aromatic heterocycles. The monoisotopic (exact) mass is 241 g/mol. The number of nitrogens with zero attached hydrogens (tertiary/aromatic N) is 3. The van der Waals surface area contributed by atoms with Gasteiger partial charge >= 0.3 is 0 Å². The van der Waals surface area contributed by atoms with Crippen molar-refractivity contribution in [1.82, 2.24) is 15.0 Å². The van der Waals surface area contributed by atoms with E-state index in [9.17, 15) is 4.79 Å². The predicted octanol–water partition coefficient (Wildman–Crippen LogP) is 1.23. The number of rotatable bonds is 4. The summed E-state index contributed by atoms with van der Waals surface area (Å²) in [5.74, 6) is 2.60. The maximum absolute atomic E-state index is 11.7. The lowest BCUT2D eigenvalue weighted by molar-refractivity contribution is -0.127. The lowest BCUT2D eigenvalue weighted by atomic mass is 10.4. The van der Waals surface area contributed by atoms with Crippen LogP contribution in [0.3, 0.4) is 0 Å². The van der Waals surface area contributed by atoms with Gasteiger partial charge in [0.25, 0.3) is 0 Å². The van der Waals surface area contributed by atoms with Gasteiger partial charge in [-0.1, -0.05) is 5.16 Å². The van der Waals surface area contributed by atoms with Gasteiger partial charge in [0, 0.05) is 20.0 Å². The van der Waals surface area contributed by atoms with E-state index in [2.05, 4.69) is 10.1 Å². The molecule has 2 heterocycles. The molecule has 0 atom stereocenters. The van der Waals surface area contributed by atoms with Crippen molar-refractivity contribution < 1.29 is 9.32 Å². The van der Waals surface area contributed by atoms with Crippen LogP contribution < -0.4 is 0 Å². The van der Waals surface area contributed by atoms with Gasteiger partial charge in [0.15, 0.2) is 5.82 Å². The van der Waals surface area contributed by atoms with Crippen LogP contribution in [0.5, 0.6) is 0 Å². The molecule has 0 bridgehead atoms. The molecule has 1 fully saturated rings. The fraction of sp³-hybridized carbons (Fsp3) is 0.700. The fourth-order valence-corrected chi connectivity index (χ4v) is 2.45. The largest absolute Gasteiger partial charge is 0.342 e. The highest BCUT2D eigenvalue weighted by Gasteiger charge is 2.17. The van der Waals surface area contributed by atoms with Gasteiger partial charge in [0.1, 0.15) is 0 Å². The third kappa shape index (κ3) is 2.98. The van der Waals surface area contributed by atoms with Crippen molar-refractivity contribution in [3.8, 4) is 0 Å². The van der Waals surface area contributed by atoms with E-state index in [1.54, 1.807) is 6.92 Å². The summed E-state index contributed by atoms with van der Waals surface area (Å²) >= 11 is 1.54. The van der Waals surface area contributed by atoms with Crippen molar-refractivity contribution in [2.75, 3.05) is 18.8 Å². The molecule has 1 amide bonds. The number of aromatic nitrogens is 2. The highest BCUT2D eigenvalue weighted by Crippen LogP contribution is 2.13. The summed E-state index contributed by atoms with van der Waals surface area (Å²) in [6.45, 7) is 3.60. The second kappa shape index (κ2) is 5.34. The van der Waals surface area contributed by atoms with Crippen LogP contribution in [0.1, 0.15) is 24.6 Å². The fourth-order valence-electron chi connectivity index (χ4n) is 1.69. The van der Waals surface area contributed by atoms with Gasteiger partial charge in [-0.2, -0.15) is 4.98 Å². The average molecular weight is 241 g/mol. The second-order valence-corrected chi connectivity index (χ2v) is 4.80. The number of aryl methyl sites for hydroxylation is 1. The van der Waals surface area contributed by atoms with Crippen molar-refractivity contribution >= 4 is 17.7 Å². The minimum atomic E-state index is 0.225. The van der Waals surface area contributed by atoms with Crippen LogP contribution in [0, 0.1) is 6.92 Å². The van der Waals surface area contributed by atoms with Crippen molar-refractivity contribution in [1.29, 1.82) is 0 Å². The van der Waals surface area contributed by atoms with Crippen molar-refractivity contribution in [2.45, 2.75) is 25.5 Å². The van der Waals surface area contributed by atoms with Crippen LogP contribution in [0.4, 0.5) is 0 Å². The number of hydrogen-bond donors (Lipinski definition) is 0. The van der Waals surface area contributed by atoms with Crippen LogP contribution in [-0.2, 0) is 10.5 Å². The third-order valence-corrected chi connectivity index (χ3v) is 3.40. The molecule has 2 rings (SSSR count). The average Bonchev–Trinajstić information content (AvgIpc) is 2.89. The van der Waals surface area contributed by atoms with Crippen LogP contribution in [0.25, 0.3) is 0 Å². The predicted molar refractivity (Wildman–Crippen MR) is 61.0 cm³/mol. The summed E-state index contributed by atoms with van der Waals surface area (Å²) < 4.78 is 4.85. The number of amides is 1. The Hall–Kier alpha value is -1.04. The van der Waals surface area contributed by atoms with E-state index >= 15 is 0 Å². The van der Waals surface area contributed by atoms with E-state index < -0.39 is 0 Å². The molecule has 16 heavy (non-hydrogen) atoms. The normalized spacial score (nSPS) is 15.7. The Morgan fingerprint density at radius 1 is 1.50 bits per heavy atom. The van der Waals surface area contributed by atoms with Crippen LogP contribution in [0.2, 0.25) is 0 Å². The Bertz CT molecular complexity index is 361. The molecule has 0 spiro atoms. The molecular weight excluding hydrogens is 226 g/mol. The van der Waals surface area contributed by atoms with Crippen LogP contribution >= 0.6 is 11.8 Å². The first kappa shape index (κ1) is 11.4. The topological polar surface area (TPSA) is 59.2 Å². The molecule has 1 saturated heterocycles. The molecule has 0 radical (unpaired) electrons. The molecule has 1 aliphatic rings. The number of thioether (sulfide) groups is 1. The first-order valence-corrected chi connectivity index (χ1v) is 6.56. The minimum Gasteiger partial charge on any atom is -0.342 e. The van der Waals surface area contributed by atoms with E-state index in [4.69, 9.17) is 4.52 Å². The first-order chi connectivity index (χ1) is 7.75. The third-order valence-electron chi connectivity index (χ3n) is 2.49. The Labute approximate surface area is 98.6 Å². The quantitative estimate of drug-likeness (QED) is 0.793. The van der Waals surface area contributed by atoms with Crippen molar-refractivity contribution in [3.63, 3.8) is 0 Å². The van der Waals surface area contributed by atoms with Gasteiger partial charge in [0.2, 0.25) is 11.8 Å². The van der Waals surface area contributed by atoms with E-state index in [-0.39, 0.29) is 5.91 Å². The smallest absolute Gasteiger partial charge is 0.232 e. The van der Waals surface area contributed by atoms with Gasteiger partial charge in [-0.25, -0.2) is 0 Å². The molecular formula is C10H15N3O2S. The Kier molecular flexibility index (Phi) is 3.82. The molecule has 1 aromatic rings. The molecule has 5 nitrogen and oxygen atoms in total. The SMILES string of the molecule is Cc1nc(CSCC(=O)N2CCCC2)no1.